The van der Waals surface area contributed by atoms with Crippen LogP contribution in [0.15, 0.2) is 23.4 Å². The van der Waals surface area contributed by atoms with Gasteiger partial charge in [0.05, 0.1) is 23.2 Å². The van der Waals surface area contributed by atoms with Gasteiger partial charge in [-0.15, -0.1) is 0 Å². The van der Waals surface area contributed by atoms with Crippen molar-refractivity contribution in [1.82, 2.24) is 9.88 Å². The van der Waals surface area contributed by atoms with Crippen molar-refractivity contribution in [3.8, 4) is 0 Å². The van der Waals surface area contributed by atoms with E-state index in [1.54, 1.807) is 26.8 Å². The third kappa shape index (κ3) is 4.22. The average molecular weight is 339 g/mol. The van der Waals surface area contributed by atoms with Crippen molar-refractivity contribution in [3.05, 3.63) is 18.3 Å². The standard InChI is InChI=1S/C16H25N3O3S/c1-16(2,3)23(21,22)14-8-7-13(11-18-14)17-12-15(20)19-9-5-4-6-10-19/h7-8,11,17H,4-6,9-10,12H2,1-3H3. The van der Waals surface area contributed by atoms with Gasteiger partial charge in [-0.1, -0.05) is 0 Å². The van der Waals surface area contributed by atoms with Gasteiger partial charge in [0.25, 0.3) is 0 Å². The maximum atomic E-state index is 12.3. The molecule has 1 aromatic heterocycles. The summed E-state index contributed by atoms with van der Waals surface area (Å²) in [5.74, 6) is 0.0658. The molecule has 1 fully saturated rings. The van der Waals surface area contributed by atoms with E-state index in [1.807, 2.05) is 4.90 Å². The molecule has 0 bridgehead atoms. The summed E-state index contributed by atoms with van der Waals surface area (Å²) in [6, 6.07) is 3.13. The Morgan fingerprint density at radius 1 is 1.22 bits per heavy atom. The Labute approximate surface area is 138 Å². The van der Waals surface area contributed by atoms with Gasteiger partial charge >= 0.3 is 0 Å². The van der Waals surface area contributed by atoms with E-state index >= 15 is 0 Å². The zero-order valence-corrected chi connectivity index (χ0v) is 14.8. The molecular formula is C16H25N3O3S. The number of rotatable bonds is 4. The molecule has 0 saturated carbocycles. The Kier molecular flexibility index (Phi) is 5.29. The summed E-state index contributed by atoms with van der Waals surface area (Å²) in [4.78, 5) is 18.0. The molecule has 0 aliphatic carbocycles. The van der Waals surface area contributed by atoms with Crippen LogP contribution in [0.2, 0.25) is 0 Å². The highest BCUT2D eigenvalue weighted by atomic mass is 32.2. The van der Waals surface area contributed by atoms with Gasteiger partial charge in [-0.2, -0.15) is 0 Å². The SMILES string of the molecule is CC(C)(C)S(=O)(=O)c1ccc(NCC(=O)N2CCCCC2)cn1. The van der Waals surface area contributed by atoms with Crippen molar-refractivity contribution in [2.75, 3.05) is 25.0 Å². The van der Waals surface area contributed by atoms with Crippen LogP contribution in [-0.2, 0) is 14.6 Å². The molecule has 1 N–H and O–H groups in total. The fourth-order valence-electron chi connectivity index (χ4n) is 2.39. The number of carbonyl (C=O) groups excluding carboxylic acids is 1. The molecule has 0 spiro atoms. The molecular weight excluding hydrogens is 314 g/mol. The normalized spacial score (nSPS) is 16.2. The maximum Gasteiger partial charge on any atom is 0.241 e. The van der Waals surface area contributed by atoms with E-state index in [4.69, 9.17) is 0 Å². The number of pyridine rings is 1. The number of hydrogen-bond acceptors (Lipinski definition) is 5. The summed E-state index contributed by atoms with van der Waals surface area (Å²) < 4.78 is 23.7. The fraction of sp³-hybridized carbons (Fsp3) is 0.625. The second kappa shape index (κ2) is 6.86. The van der Waals surface area contributed by atoms with Crippen LogP contribution in [0.3, 0.4) is 0 Å². The third-order valence-electron chi connectivity index (χ3n) is 3.97. The van der Waals surface area contributed by atoms with Gasteiger partial charge in [0.1, 0.15) is 0 Å². The lowest BCUT2D eigenvalue weighted by Gasteiger charge is -2.26. The van der Waals surface area contributed by atoms with E-state index in [2.05, 4.69) is 10.3 Å². The lowest BCUT2D eigenvalue weighted by atomic mass is 10.1. The number of likely N-dealkylation sites (tertiary alicyclic amines) is 1. The van der Waals surface area contributed by atoms with Gasteiger partial charge < -0.3 is 10.2 Å². The number of nitrogens with zero attached hydrogens (tertiary/aromatic N) is 2. The minimum Gasteiger partial charge on any atom is -0.375 e. The molecule has 1 aromatic rings. The number of nitrogens with one attached hydrogen (secondary N) is 1. The third-order valence-corrected chi connectivity index (χ3v) is 6.37. The molecule has 1 saturated heterocycles. The molecule has 7 heteroatoms. The lowest BCUT2D eigenvalue weighted by molar-refractivity contribution is -0.130. The van der Waals surface area contributed by atoms with Crippen molar-refractivity contribution >= 4 is 21.4 Å². The number of piperidine rings is 1. The summed E-state index contributed by atoms with van der Waals surface area (Å²) in [7, 11) is -3.46. The minimum absolute atomic E-state index is 0.0536. The molecule has 0 unspecified atom stereocenters. The predicted octanol–water partition coefficient (Wildman–Crippen LogP) is 2.08. The molecule has 0 radical (unpaired) electrons. The molecule has 1 aliphatic rings. The van der Waals surface area contributed by atoms with Crippen LogP contribution in [0.1, 0.15) is 40.0 Å². The van der Waals surface area contributed by atoms with Crippen molar-refractivity contribution in [2.45, 2.75) is 49.8 Å². The summed E-state index contributed by atoms with van der Waals surface area (Å²) in [6.45, 7) is 6.78. The number of anilines is 1. The Morgan fingerprint density at radius 3 is 2.39 bits per heavy atom. The van der Waals surface area contributed by atoms with Crippen molar-refractivity contribution in [3.63, 3.8) is 0 Å². The van der Waals surface area contributed by atoms with E-state index in [0.717, 1.165) is 25.9 Å². The monoisotopic (exact) mass is 339 g/mol. The van der Waals surface area contributed by atoms with Crippen molar-refractivity contribution < 1.29 is 13.2 Å². The first kappa shape index (κ1) is 17.7. The highest BCUT2D eigenvalue weighted by Gasteiger charge is 2.31. The van der Waals surface area contributed by atoms with Crippen LogP contribution in [-0.4, -0.2) is 48.6 Å². The molecule has 23 heavy (non-hydrogen) atoms. The topological polar surface area (TPSA) is 79.4 Å². The Hall–Kier alpha value is -1.63. The first-order valence-corrected chi connectivity index (χ1v) is 9.42. The number of carbonyl (C=O) groups is 1. The highest BCUT2D eigenvalue weighted by molar-refractivity contribution is 7.92. The smallest absolute Gasteiger partial charge is 0.241 e. The zero-order valence-electron chi connectivity index (χ0n) is 14.0. The van der Waals surface area contributed by atoms with Crippen LogP contribution in [0, 0.1) is 0 Å². The quantitative estimate of drug-likeness (QED) is 0.908. The predicted molar refractivity (Wildman–Crippen MR) is 90.1 cm³/mol. The highest BCUT2D eigenvalue weighted by Crippen LogP contribution is 2.23. The Morgan fingerprint density at radius 2 is 1.87 bits per heavy atom. The second-order valence-corrected chi connectivity index (χ2v) is 9.45. The van der Waals surface area contributed by atoms with Crippen molar-refractivity contribution in [1.29, 1.82) is 0 Å². The second-order valence-electron chi connectivity index (χ2n) is 6.80. The van der Waals surface area contributed by atoms with Gasteiger partial charge in [-0.3, -0.25) is 4.79 Å². The van der Waals surface area contributed by atoms with Gasteiger partial charge in [0.2, 0.25) is 5.91 Å². The molecule has 2 rings (SSSR count). The van der Waals surface area contributed by atoms with Gasteiger partial charge in [-0.25, -0.2) is 13.4 Å². The largest absolute Gasteiger partial charge is 0.375 e. The van der Waals surface area contributed by atoms with Crippen LogP contribution < -0.4 is 5.32 Å². The molecule has 1 amide bonds. The van der Waals surface area contributed by atoms with E-state index in [9.17, 15) is 13.2 Å². The van der Waals surface area contributed by atoms with E-state index in [0.29, 0.717) is 5.69 Å². The van der Waals surface area contributed by atoms with Gasteiger partial charge in [-0.05, 0) is 52.2 Å². The summed E-state index contributed by atoms with van der Waals surface area (Å²) in [5.41, 5.74) is 0.642. The maximum absolute atomic E-state index is 12.3. The molecule has 2 heterocycles. The first-order chi connectivity index (χ1) is 10.7. The molecule has 1 aliphatic heterocycles. The van der Waals surface area contributed by atoms with Crippen LogP contribution in [0.4, 0.5) is 5.69 Å². The zero-order chi connectivity index (χ0) is 17.1. The van der Waals surface area contributed by atoms with Crippen LogP contribution in [0.5, 0.6) is 0 Å². The van der Waals surface area contributed by atoms with Crippen LogP contribution in [0.25, 0.3) is 0 Å². The minimum atomic E-state index is -3.46. The van der Waals surface area contributed by atoms with E-state index in [-0.39, 0.29) is 17.5 Å². The van der Waals surface area contributed by atoms with Crippen LogP contribution >= 0.6 is 0 Å². The van der Waals surface area contributed by atoms with Gasteiger partial charge in [0, 0.05) is 13.1 Å². The van der Waals surface area contributed by atoms with Gasteiger partial charge in [0.15, 0.2) is 14.9 Å². The summed E-state index contributed by atoms with van der Waals surface area (Å²) in [5, 5.41) is 3.06. The molecule has 6 nitrogen and oxygen atoms in total. The fourth-order valence-corrected chi connectivity index (χ4v) is 3.46. The molecule has 0 atom stereocenters. The Balaban J connectivity index is 1.96. The van der Waals surface area contributed by atoms with E-state index in [1.165, 1.54) is 18.7 Å². The number of hydrogen-bond donors (Lipinski definition) is 1. The molecule has 128 valence electrons. The number of amides is 1. The Bertz CT molecular complexity index is 642. The number of aromatic nitrogens is 1. The first-order valence-electron chi connectivity index (χ1n) is 7.94. The summed E-state index contributed by atoms with van der Waals surface area (Å²) in [6.07, 6.45) is 4.77. The van der Waals surface area contributed by atoms with E-state index < -0.39 is 14.6 Å². The van der Waals surface area contributed by atoms with Crippen molar-refractivity contribution in [2.24, 2.45) is 0 Å². The lowest BCUT2D eigenvalue weighted by Crippen LogP contribution is -2.39. The molecule has 0 aromatic carbocycles. The summed E-state index contributed by atoms with van der Waals surface area (Å²) >= 11 is 0. The number of sulfone groups is 1. The average Bonchev–Trinajstić information content (AvgIpc) is 2.53.